The van der Waals surface area contributed by atoms with Crippen molar-refractivity contribution in [2.75, 3.05) is 13.6 Å². The number of nitrogens with zero attached hydrogens (tertiary/aromatic N) is 3. The molecule has 0 aliphatic rings. The molecule has 2 heterocycles. The summed E-state index contributed by atoms with van der Waals surface area (Å²) in [4.78, 5) is 8.34. The van der Waals surface area contributed by atoms with Crippen LogP contribution in [0.3, 0.4) is 0 Å². The van der Waals surface area contributed by atoms with Gasteiger partial charge in [-0.05, 0) is 19.2 Å². The van der Waals surface area contributed by atoms with Crippen LogP contribution in [0.15, 0.2) is 36.9 Å². The summed E-state index contributed by atoms with van der Waals surface area (Å²) in [6.07, 6.45) is 7.39. The maximum absolute atomic E-state index is 4.35. The second kappa shape index (κ2) is 4.70. The number of aromatic nitrogens is 3. The van der Waals surface area contributed by atoms with Crippen LogP contribution in [0.25, 0.3) is 11.4 Å². The van der Waals surface area contributed by atoms with E-state index in [0.29, 0.717) is 0 Å². The molecular weight excluding hydrogens is 188 g/mol. The van der Waals surface area contributed by atoms with Gasteiger partial charge in [0.1, 0.15) is 5.82 Å². The highest BCUT2D eigenvalue weighted by Crippen LogP contribution is 2.15. The Labute approximate surface area is 89.0 Å². The molecule has 2 aromatic heterocycles. The molecule has 2 aromatic rings. The second-order valence-electron chi connectivity index (χ2n) is 3.28. The fourth-order valence-corrected chi connectivity index (χ4v) is 1.48. The fraction of sp³-hybridized carbons (Fsp3) is 0.273. The third kappa shape index (κ3) is 2.22. The van der Waals surface area contributed by atoms with Crippen LogP contribution in [0.1, 0.15) is 0 Å². The van der Waals surface area contributed by atoms with Crippen molar-refractivity contribution in [3.05, 3.63) is 36.9 Å². The highest BCUT2D eigenvalue weighted by molar-refractivity contribution is 5.54. The van der Waals surface area contributed by atoms with Crippen molar-refractivity contribution in [2.24, 2.45) is 0 Å². The third-order valence-electron chi connectivity index (χ3n) is 2.26. The molecule has 0 fully saturated rings. The summed E-state index contributed by atoms with van der Waals surface area (Å²) in [6, 6.07) is 3.94. The molecule has 0 aliphatic heterocycles. The highest BCUT2D eigenvalue weighted by atomic mass is 15.1. The van der Waals surface area contributed by atoms with Gasteiger partial charge in [-0.1, -0.05) is 0 Å². The standard InChI is InChI=1S/C11H14N4/c1-12-6-8-15-9-7-14-11(15)10-2-4-13-5-3-10/h2-5,7,9,12H,6,8H2,1H3. The van der Waals surface area contributed by atoms with E-state index in [9.17, 15) is 0 Å². The molecule has 0 aliphatic carbocycles. The van der Waals surface area contributed by atoms with E-state index in [1.807, 2.05) is 31.6 Å². The lowest BCUT2D eigenvalue weighted by Gasteiger charge is -2.06. The van der Waals surface area contributed by atoms with Gasteiger partial charge >= 0.3 is 0 Å². The molecule has 0 amide bonds. The molecule has 0 aromatic carbocycles. The van der Waals surface area contributed by atoms with Gasteiger partial charge < -0.3 is 9.88 Å². The summed E-state index contributed by atoms with van der Waals surface area (Å²) in [5.41, 5.74) is 1.10. The first-order valence-electron chi connectivity index (χ1n) is 4.98. The molecule has 4 heteroatoms. The van der Waals surface area contributed by atoms with Crippen molar-refractivity contribution in [1.29, 1.82) is 0 Å². The van der Waals surface area contributed by atoms with E-state index in [4.69, 9.17) is 0 Å². The first-order valence-corrected chi connectivity index (χ1v) is 4.98. The molecule has 0 unspecified atom stereocenters. The average Bonchev–Trinajstić information content (AvgIpc) is 2.75. The Morgan fingerprint density at radius 2 is 2.07 bits per heavy atom. The molecular formula is C11H14N4. The summed E-state index contributed by atoms with van der Waals surface area (Å²) in [5, 5.41) is 3.12. The Morgan fingerprint density at radius 3 is 2.80 bits per heavy atom. The number of hydrogen-bond donors (Lipinski definition) is 1. The Morgan fingerprint density at radius 1 is 1.27 bits per heavy atom. The Kier molecular flexibility index (Phi) is 3.09. The van der Waals surface area contributed by atoms with Crippen LogP contribution in [-0.4, -0.2) is 28.1 Å². The summed E-state index contributed by atoms with van der Waals surface area (Å²) < 4.78 is 2.13. The number of rotatable bonds is 4. The molecule has 78 valence electrons. The van der Waals surface area contributed by atoms with Gasteiger partial charge in [-0.15, -0.1) is 0 Å². The average molecular weight is 202 g/mol. The molecule has 0 saturated carbocycles. The van der Waals surface area contributed by atoms with Crippen molar-refractivity contribution in [3.8, 4) is 11.4 Å². The van der Waals surface area contributed by atoms with Crippen molar-refractivity contribution in [3.63, 3.8) is 0 Å². The zero-order chi connectivity index (χ0) is 10.5. The normalized spacial score (nSPS) is 10.5. The summed E-state index contributed by atoms with van der Waals surface area (Å²) in [7, 11) is 1.95. The van der Waals surface area contributed by atoms with Gasteiger partial charge in [0, 0.05) is 43.4 Å². The number of imidazole rings is 1. The molecule has 1 N–H and O–H groups in total. The van der Waals surface area contributed by atoms with E-state index >= 15 is 0 Å². The molecule has 0 radical (unpaired) electrons. The maximum Gasteiger partial charge on any atom is 0.140 e. The fourth-order valence-electron chi connectivity index (χ4n) is 1.48. The van der Waals surface area contributed by atoms with Gasteiger partial charge in [0.25, 0.3) is 0 Å². The van der Waals surface area contributed by atoms with E-state index in [1.54, 1.807) is 12.4 Å². The second-order valence-corrected chi connectivity index (χ2v) is 3.28. The van der Waals surface area contributed by atoms with Gasteiger partial charge in [0.05, 0.1) is 0 Å². The molecule has 15 heavy (non-hydrogen) atoms. The van der Waals surface area contributed by atoms with Crippen LogP contribution in [0.2, 0.25) is 0 Å². The molecule has 2 rings (SSSR count). The van der Waals surface area contributed by atoms with Crippen LogP contribution in [0.5, 0.6) is 0 Å². The minimum atomic E-state index is 0.925. The van der Waals surface area contributed by atoms with Gasteiger partial charge in [0.2, 0.25) is 0 Å². The van der Waals surface area contributed by atoms with Crippen LogP contribution in [-0.2, 0) is 6.54 Å². The SMILES string of the molecule is CNCCn1ccnc1-c1ccncc1. The Bertz CT molecular complexity index is 408. The van der Waals surface area contributed by atoms with Gasteiger partial charge in [-0.2, -0.15) is 0 Å². The lowest BCUT2D eigenvalue weighted by atomic mass is 10.2. The molecule has 0 atom stereocenters. The van der Waals surface area contributed by atoms with E-state index in [0.717, 1.165) is 24.5 Å². The third-order valence-corrected chi connectivity index (χ3v) is 2.26. The van der Waals surface area contributed by atoms with E-state index in [-0.39, 0.29) is 0 Å². The van der Waals surface area contributed by atoms with E-state index in [2.05, 4.69) is 19.9 Å². The summed E-state index contributed by atoms with van der Waals surface area (Å²) >= 11 is 0. The van der Waals surface area contributed by atoms with Gasteiger partial charge in [-0.25, -0.2) is 4.98 Å². The molecule has 4 nitrogen and oxygen atoms in total. The molecule has 0 bridgehead atoms. The lowest BCUT2D eigenvalue weighted by Crippen LogP contribution is -2.15. The smallest absolute Gasteiger partial charge is 0.140 e. The topological polar surface area (TPSA) is 42.7 Å². The first kappa shape index (κ1) is 9.86. The summed E-state index contributed by atoms with van der Waals surface area (Å²) in [6.45, 7) is 1.86. The highest BCUT2D eigenvalue weighted by Gasteiger charge is 2.03. The number of pyridine rings is 1. The van der Waals surface area contributed by atoms with Crippen LogP contribution in [0.4, 0.5) is 0 Å². The number of likely N-dealkylation sites (N-methyl/N-ethyl adjacent to an activating group) is 1. The minimum absolute atomic E-state index is 0.925. The monoisotopic (exact) mass is 202 g/mol. The number of nitrogens with one attached hydrogen (secondary N) is 1. The van der Waals surface area contributed by atoms with Gasteiger partial charge in [0.15, 0.2) is 0 Å². The largest absolute Gasteiger partial charge is 0.330 e. The zero-order valence-corrected chi connectivity index (χ0v) is 8.72. The molecule has 0 spiro atoms. The predicted octanol–water partition coefficient (Wildman–Crippen LogP) is 1.16. The first-order chi connectivity index (χ1) is 7.42. The molecule has 0 saturated heterocycles. The zero-order valence-electron chi connectivity index (χ0n) is 8.72. The maximum atomic E-state index is 4.35. The van der Waals surface area contributed by atoms with Crippen molar-refractivity contribution < 1.29 is 0 Å². The Hall–Kier alpha value is -1.68. The van der Waals surface area contributed by atoms with E-state index in [1.165, 1.54) is 0 Å². The van der Waals surface area contributed by atoms with Crippen molar-refractivity contribution in [2.45, 2.75) is 6.54 Å². The number of hydrogen-bond acceptors (Lipinski definition) is 3. The summed E-state index contributed by atoms with van der Waals surface area (Å²) in [5.74, 6) is 0.993. The predicted molar refractivity (Wildman–Crippen MR) is 59.4 cm³/mol. The quantitative estimate of drug-likeness (QED) is 0.809. The Balaban J connectivity index is 2.25. The minimum Gasteiger partial charge on any atom is -0.330 e. The van der Waals surface area contributed by atoms with Crippen molar-refractivity contribution in [1.82, 2.24) is 19.9 Å². The van der Waals surface area contributed by atoms with Gasteiger partial charge in [-0.3, -0.25) is 4.98 Å². The van der Waals surface area contributed by atoms with E-state index < -0.39 is 0 Å². The van der Waals surface area contributed by atoms with Crippen LogP contribution >= 0.6 is 0 Å². The van der Waals surface area contributed by atoms with Crippen LogP contribution in [0, 0.1) is 0 Å². The van der Waals surface area contributed by atoms with Crippen molar-refractivity contribution >= 4 is 0 Å². The lowest BCUT2D eigenvalue weighted by molar-refractivity contribution is 0.649. The van der Waals surface area contributed by atoms with Crippen LogP contribution < -0.4 is 5.32 Å².